The van der Waals surface area contributed by atoms with E-state index in [9.17, 15) is 4.79 Å². The Balaban J connectivity index is 2.19. The summed E-state index contributed by atoms with van der Waals surface area (Å²) in [6.45, 7) is 2.62. The molecule has 0 unspecified atom stereocenters. The Bertz CT molecular complexity index is 862. The molecule has 22 heavy (non-hydrogen) atoms. The van der Waals surface area contributed by atoms with Crippen molar-refractivity contribution in [1.29, 1.82) is 0 Å². The molecule has 0 aliphatic rings. The Morgan fingerprint density at radius 3 is 2.68 bits per heavy atom. The highest BCUT2D eigenvalue weighted by molar-refractivity contribution is 14.1. The second-order valence-electron chi connectivity index (χ2n) is 4.87. The van der Waals surface area contributed by atoms with E-state index < -0.39 is 0 Å². The number of fused-ring (bicyclic) bond motifs is 1. The Morgan fingerprint density at radius 2 is 1.95 bits per heavy atom. The van der Waals surface area contributed by atoms with Crippen LogP contribution in [0.5, 0.6) is 0 Å². The topological polar surface area (TPSA) is 34.9 Å². The molecule has 0 radical (unpaired) electrons. The number of aromatic nitrogens is 2. The fraction of sp³-hybridized carbons (Fsp3) is 0.176. The first kappa shape index (κ1) is 15.6. The fourth-order valence-corrected chi connectivity index (χ4v) is 3.53. The van der Waals surface area contributed by atoms with Gasteiger partial charge in [-0.1, -0.05) is 49.0 Å². The molecule has 0 atom stereocenters. The predicted octanol–water partition coefficient (Wildman–Crippen LogP) is 4.16. The summed E-state index contributed by atoms with van der Waals surface area (Å²) in [6.07, 6.45) is 0. The third kappa shape index (κ3) is 3.20. The van der Waals surface area contributed by atoms with Crippen molar-refractivity contribution in [2.45, 2.75) is 18.6 Å². The average Bonchev–Trinajstić information content (AvgIpc) is 2.53. The van der Waals surface area contributed by atoms with Crippen LogP contribution in [-0.2, 0) is 6.54 Å². The van der Waals surface area contributed by atoms with Crippen LogP contribution in [0.25, 0.3) is 10.9 Å². The molecule has 3 aromatic rings. The molecule has 0 bridgehead atoms. The van der Waals surface area contributed by atoms with Crippen molar-refractivity contribution >= 4 is 45.3 Å². The quantitative estimate of drug-likeness (QED) is 0.360. The predicted molar refractivity (Wildman–Crippen MR) is 101 cm³/mol. The Kier molecular flexibility index (Phi) is 4.83. The summed E-state index contributed by atoms with van der Waals surface area (Å²) in [5.41, 5.74) is 1.91. The molecule has 0 aliphatic carbocycles. The third-order valence-electron chi connectivity index (χ3n) is 3.34. The van der Waals surface area contributed by atoms with Crippen molar-refractivity contribution in [2.24, 2.45) is 0 Å². The van der Waals surface area contributed by atoms with Crippen LogP contribution in [0.3, 0.4) is 0 Å². The Labute approximate surface area is 146 Å². The van der Waals surface area contributed by atoms with E-state index >= 15 is 0 Å². The van der Waals surface area contributed by atoms with E-state index in [2.05, 4.69) is 34.5 Å². The summed E-state index contributed by atoms with van der Waals surface area (Å²) >= 11 is 3.83. The zero-order chi connectivity index (χ0) is 15.5. The van der Waals surface area contributed by atoms with E-state index in [0.717, 1.165) is 25.6 Å². The first-order valence-corrected chi connectivity index (χ1v) is 9.12. The lowest BCUT2D eigenvalue weighted by Crippen LogP contribution is -2.24. The zero-order valence-corrected chi connectivity index (χ0v) is 15.1. The molecule has 0 spiro atoms. The lowest BCUT2D eigenvalue weighted by Gasteiger charge is -2.12. The van der Waals surface area contributed by atoms with E-state index in [1.54, 1.807) is 16.3 Å². The molecule has 112 valence electrons. The van der Waals surface area contributed by atoms with Crippen molar-refractivity contribution in [3.8, 4) is 0 Å². The fourth-order valence-electron chi connectivity index (χ4n) is 2.32. The number of thioether (sulfide) groups is 1. The van der Waals surface area contributed by atoms with Crippen molar-refractivity contribution in [1.82, 2.24) is 9.55 Å². The van der Waals surface area contributed by atoms with Gasteiger partial charge in [-0.3, -0.25) is 9.36 Å². The molecule has 0 aliphatic heterocycles. The van der Waals surface area contributed by atoms with Gasteiger partial charge in [-0.15, -0.1) is 0 Å². The smallest absolute Gasteiger partial charge is 0.262 e. The molecule has 5 heteroatoms. The SMILES string of the molecule is CCSc1nc2ccc(I)cc2c(=O)n1Cc1ccccc1. The highest BCUT2D eigenvalue weighted by Crippen LogP contribution is 2.20. The monoisotopic (exact) mass is 422 g/mol. The van der Waals surface area contributed by atoms with E-state index in [-0.39, 0.29) is 5.56 Å². The van der Waals surface area contributed by atoms with Crippen LogP contribution >= 0.6 is 34.4 Å². The van der Waals surface area contributed by atoms with Crippen LogP contribution in [0.4, 0.5) is 0 Å². The average molecular weight is 422 g/mol. The molecule has 1 aromatic heterocycles. The maximum absolute atomic E-state index is 12.9. The van der Waals surface area contributed by atoms with Gasteiger partial charge in [0.25, 0.3) is 5.56 Å². The number of rotatable bonds is 4. The van der Waals surface area contributed by atoms with E-state index in [0.29, 0.717) is 11.9 Å². The minimum absolute atomic E-state index is 0.0309. The molecule has 2 aromatic carbocycles. The van der Waals surface area contributed by atoms with Crippen molar-refractivity contribution in [2.75, 3.05) is 5.75 Å². The van der Waals surface area contributed by atoms with E-state index in [1.807, 2.05) is 48.5 Å². The molecule has 0 amide bonds. The maximum Gasteiger partial charge on any atom is 0.262 e. The lowest BCUT2D eigenvalue weighted by molar-refractivity contribution is 0.658. The minimum Gasteiger partial charge on any atom is -0.283 e. The summed E-state index contributed by atoms with van der Waals surface area (Å²) in [7, 11) is 0. The van der Waals surface area contributed by atoms with Gasteiger partial charge >= 0.3 is 0 Å². The molecule has 1 heterocycles. The second kappa shape index (κ2) is 6.83. The van der Waals surface area contributed by atoms with Crippen molar-refractivity contribution < 1.29 is 0 Å². The van der Waals surface area contributed by atoms with Gasteiger partial charge < -0.3 is 0 Å². The standard InChI is InChI=1S/C17H15IN2OS/c1-2-22-17-19-15-9-8-13(18)10-14(15)16(21)20(17)11-12-6-4-3-5-7-12/h3-10H,2,11H2,1H3. The van der Waals surface area contributed by atoms with E-state index in [1.165, 1.54) is 0 Å². The Morgan fingerprint density at radius 1 is 1.18 bits per heavy atom. The van der Waals surface area contributed by atoms with Crippen LogP contribution in [0.2, 0.25) is 0 Å². The largest absolute Gasteiger partial charge is 0.283 e. The molecule has 3 rings (SSSR count). The summed E-state index contributed by atoms with van der Waals surface area (Å²) in [4.78, 5) is 17.6. The minimum atomic E-state index is 0.0309. The number of hydrogen-bond acceptors (Lipinski definition) is 3. The summed E-state index contributed by atoms with van der Waals surface area (Å²) in [5.74, 6) is 0.886. The van der Waals surface area contributed by atoms with Crippen molar-refractivity contribution in [3.63, 3.8) is 0 Å². The molecule has 0 fully saturated rings. The number of hydrogen-bond donors (Lipinski definition) is 0. The van der Waals surface area contributed by atoms with Gasteiger partial charge in [0.1, 0.15) is 0 Å². The molecular formula is C17H15IN2OS. The summed E-state index contributed by atoms with van der Waals surface area (Å²) in [5, 5.41) is 1.47. The molecule has 0 saturated heterocycles. The highest BCUT2D eigenvalue weighted by atomic mass is 127. The normalized spacial score (nSPS) is 11.0. The van der Waals surface area contributed by atoms with Gasteiger partial charge in [-0.05, 0) is 52.1 Å². The second-order valence-corrected chi connectivity index (χ2v) is 7.34. The molecule has 0 saturated carbocycles. The van der Waals surface area contributed by atoms with E-state index in [4.69, 9.17) is 0 Å². The van der Waals surface area contributed by atoms with Crippen LogP contribution in [0.1, 0.15) is 12.5 Å². The summed E-state index contributed by atoms with van der Waals surface area (Å²) < 4.78 is 2.83. The summed E-state index contributed by atoms with van der Waals surface area (Å²) in [6, 6.07) is 15.8. The first-order valence-electron chi connectivity index (χ1n) is 7.06. The lowest BCUT2D eigenvalue weighted by atomic mass is 10.2. The third-order valence-corrected chi connectivity index (χ3v) is 4.87. The van der Waals surface area contributed by atoms with Crippen LogP contribution in [0.15, 0.2) is 58.5 Å². The molecule has 0 N–H and O–H groups in total. The maximum atomic E-state index is 12.9. The number of benzene rings is 2. The molecule has 3 nitrogen and oxygen atoms in total. The first-order chi connectivity index (χ1) is 10.7. The van der Waals surface area contributed by atoms with Crippen LogP contribution < -0.4 is 5.56 Å². The van der Waals surface area contributed by atoms with Gasteiger partial charge in [-0.25, -0.2) is 4.98 Å². The zero-order valence-electron chi connectivity index (χ0n) is 12.1. The Hall–Kier alpha value is -1.34. The molecular weight excluding hydrogens is 407 g/mol. The number of nitrogens with zero attached hydrogens (tertiary/aromatic N) is 2. The van der Waals surface area contributed by atoms with Gasteiger partial charge in [0, 0.05) is 3.57 Å². The van der Waals surface area contributed by atoms with Crippen molar-refractivity contribution in [3.05, 3.63) is 68.0 Å². The van der Waals surface area contributed by atoms with Gasteiger partial charge in [0.05, 0.1) is 17.4 Å². The highest BCUT2D eigenvalue weighted by Gasteiger charge is 2.11. The van der Waals surface area contributed by atoms with Crippen LogP contribution in [-0.4, -0.2) is 15.3 Å². The van der Waals surface area contributed by atoms with Crippen LogP contribution in [0, 0.1) is 3.57 Å². The van der Waals surface area contributed by atoms with Gasteiger partial charge in [-0.2, -0.15) is 0 Å². The van der Waals surface area contributed by atoms with Gasteiger partial charge in [0.2, 0.25) is 0 Å². The number of halogens is 1. The van der Waals surface area contributed by atoms with Gasteiger partial charge in [0.15, 0.2) is 5.16 Å².